The van der Waals surface area contributed by atoms with E-state index in [2.05, 4.69) is 19.0 Å². The Bertz CT molecular complexity index is 239. The Morgan fingerprint density at radius 1 is 1.29 bits per heavy atom. The van der Waals surface area contributed by atoms with Crippen LogP contribution in [0.25, 0.3) is 0 Å². The van der Waals surface area contributed by atoms with E-state index in [4.69, 9.17) is 4.74 Å². The van der Waals surface area contributed by atoms with E-state index in [1.165, 1.54) is 26.2 Å². The molecule has 0 aromatic heterocycles. The molecular weight excluding hydrogens is 178 g/mol. The lowest BCUT2D eigenvalue weighted by molar-refractivity contribution is -0.152. The molecule has 80 valence electrons. The van der Waals surface area contributed by atoms with Crippen LogP contribution in [0, 0.1) is 11.8 Å². The van der Waals surface area contributed by atoms with Crippen molar-refractivity contribution >= 4 is 5.97 Å². The Morgan fingerprint density at radius 2 is 1.93 bits per heavy atom. The molecule has 0 aromatic carbocycles. The van der Waals surface area contributed by atoms with E-state index in [1.807, 2.05) is 0 Å². The average Bonchev–Trinajstić information content (AvgIpc) is 2.61. The molecule has 0 spiro atoms. The minimum absolute atomic E-state index is 0.130. The predicted molar refractivity (Wildman–Crippen MR) is 53.9 cm³/mol. The summed E-state index contributed by atoms with van der Waals surface area (Å²) in [5.41, 5.74) is 0. The number of ether oxygens (including phenoxy) is 1. The fourth-order valence-corrected chi connectivity index (χ4v) is 3.28. The molecular formula is C11H19NO2. The Labute approximate surface area is 85.4 Å². The first-order chi connectivity index (χ1) is 6.59. The summed E-state index contributed by atoms with van der Waals surface area (Å²) < 4.78 is 5.44. The number of hydrogen-bond donors (Lipinski definition) is 0. The first kappa shape index (κ1) is 9.97. The Hall–Kier alpha value is -0.570. The lowest BCUT2D eigenvalue weighted by Crippen LogP contribution is -2.45. The van der Waals surface area contributed by atoms with Gasteiger partial charge in [0.25, 0.3) is 0 Å². The van der Waals surface area contributed by atoms with E-state index >= 15 is 0 Å². The van der Waals surface area contributed by atoms with Crippen LogP contribution < -0.4 is 0 Å². The molecule has 0 amide bonds. The van der Waals surface area contributed by atoms with Gasteiger partial charge in [-0.3, -0.25) is 4.79 Å². The van der Waals surface area contributed by atoms with Crippen molar-refractivity contribution in [3.63, 3.8) is 0 Å². The molecule has 2 saturated carbocycles. The van der Waals surface area contributed by atoms with Crippen LogP contribution in [0.2, 0.25) is 0 Å². The SMILES string of the molecule is CC(=O)OC1C2CCC(C2)C1N(C)C. The van der Waals surface area contributed by atoms with Crippen molar-refractivity contribution in [1.29, 1.82) is 0 Å². The van der Waals surface area contributed by atoms with Crippen LogP contribution in [0.4, 0.5) is 0 Å². The minimum atomic E-state index is -0.130. The summed E-state index contributed by atoms with van der Waals surface area (Å²) in [5, 5.41) is 0. The van der Waals surface area contributed by atoms with Crippen LogP contribution in [-0.4, -0.2) is 37.1 Å². The largest absolute Gasteiger partial charge is 0.461 e. The third-order valence-electron chi connectivity index (χ3n) is 3.70. The smallest absolute Gasteiger partial charge is 0.302 e. The second-order valence-electron chi connectivity index (χ2n) is 4.86. The first-order valence-corrected chi connectivity index (χ1v) is 5.43. The lowest BCUT2D eigenvalue weighted by Gasteiger charge is -2.34. The summed E-state index contributed by atoms with van der Waals surface area (Å²) in [6.07, 6.45) is 3.96. The number of rotatable bonds is 2. The van der Waals surface area contributed by atoms with Crippen LogP contribution in [0.1, 0.15) is 26.2 Å². The van der Waals surface area contributed by atoms with Crippen LogP contribution in [0.3, 0.4) is 0 Å². The molecule has 2 aliphatic rings. The van der Waals surface area contributed by atoms with Crippen LogP contribution in [0.5, 0.6) is 0 Å². The van der Waals surface area contributed by atoms with Crippen LogP contribution >= 0.6 is 0 Å². The number of esters is 1. The van der Waals surface area contributed by atoms with Gasteiger partial charge in [-0.1, -0.05) is 0 Å². The first-order valence-electron chi connectivity index (χ1n) is 5.43. The molecule has 2 aliphatic carbocycles. The van der Waals surface area contributed by atoms with Gasteiger partial charge in [-0.25, -0.2) is 0 Å². The van der Waals surface area contributed by atoms with Crippen molar-refractivity contribution < 1.29 is 9.53 Å². The van der Waals surface area contributed by atoms with E-state index < -0.39 is 0 Å². The molecule has 4 unspecified atom stereocenters. The zero-order chi connectivity index (χ0) is 10.3. The van der Waals surface area contributed by atoms with Gasteiger partial charge in [0.15, 0.2) is 0 Å². The molecule has 0 N–H and O–H groups in total. The van der Waals surface area contributed by atoms with Gasteiger partial charge in [-0.15, -0.1) is 0 Å². The summed E-state index contributed by atoms with van der Waals surface area (Å²) in [6, 6.07) is 0.456. The highest BCUT2D eigenvalue weighted by Crippen LogP contribution is 2.47. The van der Waals surface area contributed by atoms with E-state index in [0.717, 1.165) is 5.92 Å². The lowest BCUT2D eigenvalue weighted by atomic mass is 9.91. The summed E-state index contributed by atoms with van der Waals surface area (Å²) in [6.45, 7) is 1.51. The molecule has 2 rings (SSSR count). The maximum absolute atomic E-state index is 11.0. The van der Waals surface area contributed by atoms with Gasteiger partial charge in [-0.05, 0) is 45.2 Å². The summed E-state index contributed by atoms with van der Waals surface area (Å²) in [4.78, 5) is 13.2. The monoisotopic (exact) mass is 197 g/mol. The second kappa shape index (κ2) is 3.54. The highest BCUT2D eigenvalue weighted by Gasteiger charge is 2.50. The van der Waals surface area contributed by atoms with Gasteiger partial charge in [0.1, 0.15) is 6.10 Å². The van der Waals surface area contributed by atoms with E-state index in [1.54, 1.807) is 0 Å². The summed E-state index contributed by atoms with van der Waals surface area (Å²) in [5.74, 6) is 1.24. The molecule has 0 radical (unpaired) electrons. The maximum atomic E-state index is 11.0. The number of fused-ring (bicyclic) bond motifs is 2. The molecule has 3 heteroatoms. The van der Waals surface area contributed by atoms with Crippen LogP contribution in [0.15, 0.2) is 0 Å². The third-order valence-corrected chi connectivity index (χ3v) is 3.70. The summed E-state index contributed by atoms with van der Waals surface area (Å²) in [7, 11) is 4.17. The van der Waals surface area contributed by atoms with Gasteiger partial charge >= 0.3 is 5.97 Å². The molecule has 4 atom stereocenters. The van der Waals surface area contributed by atoms with Crippen molar-refractivity contribution in [1.82, 2.24) is 4.90 Å². The Kier molecular flexibility index (Phi) is 2.52. The third kappa shape index (κ3) is 1.54. The van der Waals surface area contributed by atoms with Crippen molar-refractivity contribution in [3.05, 3.63) is 0 Å². The standard InChI is InChI=1S/C11H19NO2/c1-7(13)14-11-9-5-4-8(6-9)10(11)12(2)3/h8-11H,4-6H2,1-3H3. The van der Waals surface area contributed by atoms with E-state index in [0.29, 0.717) is 12.0 Å². The molecule has 0 aromatic rings. The fourth-order valence-electron chi connectivity index (χ4n) is 3.28. The number of hydrogen-bond acceptors (Lipinski definition) is 3. The fraction of sp³-hybridized carbons (Fsp3) is 0.909. The minimum Gasteiger partial charge on any atom is -0.461 e. The normalized spacial score (nSPS) is 40.6. The maximum Gasteiger partial charge on any atom is 0.302 e. The molecule has 3 nitrogen and oxygen atoms in total. The topological polar surface area (TPSA) is 29.5 Å². The van der Waals surface area contributed by atoms with E-state index in [-0.39, 0.29) is 12.1 Å². The Morgan fingerprint density at radius 3 is 2.50 bits per heavy atom. The van der Waals surface area contributed by atoms with Crippen LogP contribution in [-0.2, 0) is 9.53 Å². The van der Waals surface area contributed by atoms with Crippen molar-refractivity contribution in [2.45, 2.75) is 38.3 Å². The van der Waals surface area contributed by atoms with Crippen molar-refractivity contribution in [2.75, 3.05) is 14.1 Å². The molecule has 14 heavy (non-hydrogen) atoms. The number of nitrogens with zero attached hydrogens (tertiary/aromatic N) is 1. The molecule has 2 bridgehead atoms. The molecule has 0 saturated heterocycles. The highest BCUT2D eigenvalue weighted by atomic mass is 16.5. The molecule has 0 aliphatic heterocycles. The van der Waals surface area contributed by atoms with Crippen molar-refractivity contribution in [3.8, 4) is 0 Å². The van der Waals surface area contributed by atoms with Gasteiger partial charge < -0.3 is 9.64 Å². The Balaban J connectivity index is 2.09. The number of carbonyl (C=O) groups excluding carboxylic acids is 1. The molecule has 0 heterocycles. The van der Waals surface area contributed by atoms with Gasteiger partial charge in [0, 0.05) is 13.0 Å². The van der Waals surface area contributed by atoms with E-state index in [9.17, 15) is 4.79 Å². The highest BCUT2D eigenvalue weighted by molar-refractivity contribution is 5.66. The zero-order valence-electron chi connectivity index (χ0n) is 9.19. The zero-order valence-corrected chi connectivity index (χ0v) is 9.19. The predicted octanol–water partition coefficient (Wildman–Crippen LogP) is 1.28. The summed E-state index contributed by atoms with van der Waals surface area (Å²) >= 11 is 0. The number of carbonyl (C=O) groups is 1. The quantitative estimate of drug-likeness (QED) is 0.624. The van der Waals surface area contributed by atoms with Gasteiger partial charge in [-0.2, -0.15) is 0 Å². The average molecular weight is 197 g/mol. The van der Waals surface area contributed by atoms with Gasteiger partial charge in [0.05, 0.1) is 0 Å². The number of likely N-dealkylation sites (N-methyl/N-ethyl adjacent to an activating group) is 1. The molecule has 2 fully saturated rings. The van der Waals surface area contributed by atoms with Gasteiger partial charge in [0.2, 0.25) is 0 Å². The second-order valence-corrected chi connectivity index (χ2v) is 4.86. The van der Waals surface area contributed by atoms with Crippen molar-refractivity contribution in [2.24, 2.45) is 11.8 Å².